The summed E-state index contributed by atoms with van der Waals surface area (Å²) < 4.78 is 42.8. The molecule has 2 aliphatic heterocycles. The highest BCUT2D eigenvalue weighted by atomic mass is 32.2. The van der Waals surface area contributed by atoms with E-state index in [9.17, 15) is 12.8 Å². The van der Waals surface area contributed by atoms with Crippen LogP contribution in [-0.4, -0.2) is 62.4 Å². The lowest BCUT2D eigenvalue weighted by molar-refractivity contribution is 0.250. The van der Waals surface area contributed by atoms with E-state index in [1.165, 1.54) is 10.4 Å². The molecule has 0 radical (unpaired) electrons. The third kappa shape index (κ3) is 4.15. The Labute approximate surface area is 172 Å². The number of anilines is 1. The van der Waals surface area contributed by atoms with Crippen LogP contribution in [0.25, 0.3) is 0 Å². The highest BCUT2D eigenvalue weighted by molar-refractivity contribution is 7.89. The van der Waals surface area contributed by atoms with Crippen LogP contribution in [0, 0.1) is 5.82 Å². The average Bonchev–Trinajstić information content (AvgIpc) is 2.75. The van der Waals surface area contributed by atoms with E-state index in [1.807, 2.05) is 6.07 Å². The minimum Gasteiger partial charge on any atom is -0.354 e. The molecule has 3 heterocycles. The number of benzene rings is 1. The topological polar surface area (TPSA) is 56.8 Å². The van der Waals surface area contributed by atoms with Gasteiger partial charge in [-0.15, -0.1) is 0 Å². The van der Waals surface area contributed by atoms with Gasteiger partial charge in [0.25, 0.3) is 10.0 Å². The summed E-state index contributed by atoms with van der Waals surface area (Å²) in [5.41, 5.74) is 0.436. The predicted molar refractivity (Wildman–Crippen MR) is 111 cm³/mol. The molecule has 2 aliphatic rings. The Morgan fingerprint density at radius 2 is 1.72 bits per heavy atom. The Morgan fingerprint density at radius 1 is 0.966 bits per heavy atom. The second kappa shape index (κ2) is 8.38. The molecule has 2 fully saturated rings. The van der Waals surface area contributed by atoms with Crippen LogP contribution in [0.5, 0.6) is 0 Å². The molecule has 1 aromatic carbocycles. The fourth-order valence-corrected chi connectivity index (χ4v) is 5.75. The van der Waals surface area contributed by atoms with E-state index < -0.39 is 16.1 Å². The van der Waals surface area contributed by atoms with Crippen LogP contribution in [0.2, 0.25) is 0 Å². The Hall–Kier alpha value is -2.03. The lowest BCUT2D eigenvalue weighted by Gasteiger charge is -2.35. The summed E-state index contributed by atoms with van der Waals surface area (Å²) in [5, 5.41) is 0.0390. The summed E-state index contributed by atoms with van der Waals surface area (Å²) in [6.07, 6.45) is 2.25. The van der Waals surface area contributed by atoms with Crippen molar-refractivity contribution in [3.8, 4) is 0 Å². The van der Waals surface area contributed by atoms with Gasteiger partial charge < -0.3 is 9.80 Å². The molecule has 1 aromatic heterocycles. The van der Waals surface area contributed by atoms with Crippen LogP contribution in [0.3, 0.4) is 0 Å². The van der Waals surface area contributed by atoms with Gasteiger partial charge in [0.1, 0.15) is 11.6 Å². The minimum absolute atomic E-state index is 0.0390. The largest absolute Gasteiger partial charge is 0.354 e. The van der Waals surface area contributed by atoms with Crippen molar-refractivity contribution < 1.29 is 12.8 Å². The Bertz CT molecular complexity index is 961. The predicted octanol–water partition coefficient (Wildman–Crippen LogP) is 2.89. The van der Waals surface area contributed by atoms with Crippen molar-refractivity contribution in [3.63, 3.8) is 0 Å². The summed E-state index contributed by atoms with van der Waals surface area (Å²) in [6.45, 7) is 3.84. The van der Waals surface area contributed by atoms with Crippen molar-refractivity contribution in [1.82, 2.24) is 14.2 Å². The van der Waals surface area contributed by atoms with Crippen molar-refractivity contribution in [2.24, 2.45) is 0 Å². The molecule has 29 heavy (non-hydrogen) atoms. The Balaban J connectivity index is 1.65. The van der Waals surface area contributed by atoms with Crippen LogP contribution >= 0.6 is 0 Å². The molecule has 2 saturated heterocycles. The van der Waals surface area contributed by atoms with Crippen molar-refractivity contribution >= 4 is 15.8 Å². The monoisotopic (exact) mass is 418 g/mol. The van der Waals surface area contributed by atoms with Crippen molar-refractivity contribution in [3.05, 3.63) is 53.8 Å². The van der Waals surface area contributed by atoms with Crippen LogP contribution in [0.15, 0.2) is 47.5 Å². The minimum atomic E-state index is -3.83. The molecule has 0 amide bonds. The van der Waals surface area contributed by atoms with Gasteiger partial charge in [-0.2, -0.15) is 4.31 Å². The molecule has 6 nitrogen and oxygen atoms in total. The molecular formula is C21H27FN4O2S. The lowest BCUT2D eigenvalue weighted by Crippen LogP contribution is -2.45. The number of nitrogens with zero attached hydrogens (tertiary/aromatic N) is 4. The molecule has 0 saturated carbocycles. The summed E-state index contributed by atoms with van der Waals surface area (Å²) in [6, 6.07) is 11.1. The van der Waals surface area contributed by atoms with Gasteiger partial charge in [-0.25, -0.2) is 17.8 Å². The van der Waals surface area contributed by atoms with E-state index >= 15 is 0 Å². The number of piperidine rings is 1. The number of sulfonamides is 1. The molecule has 1 unspecified atom stereocenters. The molecule has 8 heteroatoms. The highest BCUT2D eigenvalue weighted by Crippen LogP contribution is 2.36. The average molecular weight is 419 g/mol. The summed E-state index contributed by atoms with van der Waals surface area (Å²) >= 11 is 0. The molecule has 0 aliphatic carbocycles. The number of pyridine rings is 1. The van der Waals surface area contributed by atoms with E-state index in [-0.39, 0.29) is 10.8 Å². The number of aromatic nitrogens is 1. The number of likely N-dealkylation sites (N-methyl/N-ethyl adjacent to an activating group) is 1. The van der Waals surface area contributed by atoms with Crippen molar-refractivity contribution in [1.29, 1.82) is 0 Å². The zero-order valence-electron chi connectivity index (χ0n) is 16.7. The molecule has 2 aromatic rings. The second-order valence-electron chi connectivity index (χ2n) is 7.77. The first-order valence-electron chi connectivity index (χ1n) is 10.1. The Kier molecular flexibility index (Phi) is 5.85. The molecule has 0 bridgehead atoms. The number of piperazine rings is 1. The molecule has 156 valence electrons. The quantitative estimate of drug-likeness (QED) is 0.764. The fraction of sp³-hybridized carbons (Fsp3) is 0.476. The van der Waals surface area contributed by atoms with Crippen LogP contribution in [-0.2, 0) is 10.0 Å². The van der Waals surface area contributed by atoms with Gasteiger partial charge in [0.05, 0.1) is 6.04 Å². The Morgan fingerprint density at radius 3 is 2.48 bits per heavy atom. The van der Waals surface area contributed by atoms with E-state index in [0.29, 0.717) is 24.3 Å². The highest BCUT2D eigenvalue weighted by Gasteiger charge is 2.36. The van der Waals surface area contributed by atoms with Gasteiger partial charge in [-0.3, -0.25) is 0 Å². The van der Waals surface area contributed by atoms with Gasteiger partial charge in [0.15, 0.2) is 5.03 Å². The smallest absolute Gasteiger partial charge is 0.261 e. The van der Waals surface area contributed by atoms with Gasteiger partial charge in [-0.05, 0) is 38.1 Å². The number of hydrogen-bond donors (Lipinski definition) is 0. The van der Waals surface area contributed by atoms with Gasteiger partial charge in [0.2, 0.25) is 0 Å². The second-order valence-corrected chi connectivity index (χ2v) is 9.61. The summed E-state index contributed by atoms with van der Waals surface area (Å²) in [7, 11) is -1.76. The van der Waals surface area contributed by atoms with Gasteiger partial charge in [-0.1, -0.05) is 30.7 Å². The normalized spacial score (nSPS) is 22.0. The third-order valence-corrected chi connectivity index (χ3v) is 7.64. The first-order chi connectivity index (χ1) is 14.0. The molecular weight excluding hydrogens is 391 g/mol. The maximum atomic E-state index is 14.4. The van der Waals surface area contributed by atoms with Gasteiger partial charge in [0, 0.05) is 38.3 Å². The van der Waals surface area contributed by atoms with Crippen molar-refractivity contribution in [2.75, 3.05) is 44.7 Å². The molecule has 0 N–H and O–H groups in total. The fourth-order valence-electron chi connectivity index (χ4n) is 4.13. The maximum Gasteiger partial charge on any atom is 0.261 e. The van der Waals surface area contributed by atoms with E-state index in [1.54, 1.807) is 30.3 Å². The standard InChI is InChI=1S/C21H27FN4O2S/c1-24-13-15-25(16-14-24)20-10-6-11-21(23-20)29(27,28)26-12-5-4-9-19(26)17-7-2-3-8-18(17)22/h2-3,6-8,10-11,19H,4-5,9,12-16H2,1H3. The van der Waals surface area contributed by atoms with Gasteiger partial charge >= 0.3 is 0 Å². The summed E-state index contributed by atoms with van der Waals surface area (Å²) in [5.74, 6) is 0.317. The first kappa shape index (κ1) is 20.3. The zero-order valence-corrected chi connectivity index (χ0v) is 17.5. The van der Waals surface area contributed by atoms with E-state index in [2.05, 4.69) is 21.8 Å². The van der Waals surface area contributed by atoms with Crippen LogP contribution < -0.4 is 4.90 Å². The number of rotatable bonds is 4. The van der Waals surface area contributed by atoms with Crippen LogP contribution in [0.4, 0.5) is 10.2 Å². The lowest BCUT2D eigenvalue weighted by atomic mass is 9.97. The SMILES string of the molecule is CN1CCN(c2cccc(S(=O)(=O)N3CCCCC3c3ccccc3F)n2)CC1. The molecule has 4 rings (SSSR count). The zero-order chi connectivity index (χ0) is 20.4. The van der Waals surface area contributed by atoms with E-state index in [4.69, 9.17) is 0 Å². The summed E-state index contributed by atoms with van der Waals surface area (Å²) in [4.78, 5) is 8.86. The number of halogens is 1. The third-order valence-electron chi connectivity index (χ3n) is 5.83. The number of hydrogen-bond acceptors (Lipinski definition) is 5. The molecule has 0 spiro atoms. The maximum absolute atomic E-state index is 14.4. The molecule has 1 atom stereocenters. The first-order valence-corrected chi connectivity index (χ1v) is 11.6. The van der Waals surface area contributed by atoms with E-state index in [0.717, 1.165) is 39.0 Å². The van der Waals surface area contributed by atoms with Crippen LogP contribution in [0.1, 0.15) is 30.9 Å². The van der Waals surface area contributed by atoms with Crippen molar-refractivity contribution in [2.45, 2.75) is 30.3 Å².